The molecule has 1 aliphatic heterocycles. The number of nitrogens with zero attached hydrogens (tertiary/aromatic N) is 2. The van der Waals surface area contributed by atoms with Gasteiger partial charge in [0.15, 0.2) is 5.75 Å². The van der Waals surface area contributed by atoms with Crippen LogP contribution < -0.4 is 14.8 Å². The van der Waals surface area contributed by atoms with Crippen LogP contribution in [0.1, 0.15) is 47.3 Å². The third kappa shape index (κ3) is 4.06. The molecule has 2 aliphatic rings. The Hall–Kier alpha value is -2.74. The Labute approximate surface area is 161 Å². The summed E-state index contributed by atoms with van der Waals surface area (Å²) < 4.78 is 24.4. The molecule has 7 nitrogen and oxygen atoms in total. The molecule has 8 heteroatoms. The minimum atomic E-state index is -0.550. The Morgan fingerprint density at radius 2 is 2.07 bits per heavy atom. The average molecular weight is 387 g/mol. The lowest BCUT2D eigenvalue weighted by Crippen LogP contribution is -2.45. The number of aliphatic hydroxyl groups excluding tert-OH is 1. The number of nitrogens with one attached hydrogen (secondary N) is 1. The summed E-state index contributed by atoms with van der Waals surface area (Å²) in [7, 11) is 0. The average Bonchev–Trinajstić information content (AvgIpc) is 2.71. The van der Waals surface area contributed by atoms with Gasteiger partial charge >= 0.3 is 0 Å². The Kier molecular flexibility index (Phi) is 5.38. The van der Waals surface area contributed by atoms with Crippen molar-refractivity contribution in [1.82, 2.24) is 15.3 Å². The van der Waals surface area contributed by atoms with Gasteiger partial charge in [0.1, 0.15) is 18.9 Å². The highest BCUT2D eigenvalue weighted by atomic mass is 19.1. The molecule has 0 bridgehead atoms. The van der Waals surface area contributed by atoms with Gasteiger partial charge in [0.25, 0.3) is 11.8 Å². The van der Waals surface area contributed by atoms with Crippen molar-refractivity contribution >= 4 is 5.91 Å². The Bertz CT molecular complexity index is 859. The summed E-state index contributed by atoms with van der Waals surface area (Å²) in [5, 5.41) is 13.0. The molecule has 1 saturated carbocycles. The Morgan fingerprint density at radius 1 is 1.25 bits per heavy atom. The molecule has 0 spiro atoms. The number of ether oxygens (including phenoxy) is 2. The van der Waals surface area contributed by atoms with Gasteiger partial charge in [-0.15, -0.1) is 0 Å². The smallest absolute Gasteiger partial charge is 0.270 e. The van der Waals surface area contributed by atoms with Crippen molar-refractivity contribution in [3.05, 3.63) is 47.2 Å². The van der Waals surface area contributed by atoms with Crippen LogP contribution in [0.4, 0.5) is 4.39 Å². The number of hydrogen-bond donors (Lipinski definition) is 2. The number of rotatable bonds is 4. The molecular formula is C20H22FN3O4. The zero-order chi connectivity index (χ0) is 19.5. The second-order valence-corrected chi connectivity index (χ2v) is 7.10. The van der Waals surface area contributed by atoms with E-state index in [1.807, 2.05) is 0 Å². The highest BCUT2D eigenvalue weighted by Crippen LogP contribution is 2.34. The van der Waals surface area contributed by atoms with E-state index in [4.69, 9.17) is 9.47 Å². The van der Waals surface area contributed by atoms with Gasteiger partial charge < -0.3 is 19.9 Å². The van der Waals surface area contributed by atoms with Gasteiger partial charge in [-0.05, 0) is 30.5 Å². The first-order chi connectivity index (χ1) is 13.6. The van der Waals surface area contributed by atoms with Crippen molar-refractivity contribution in [1.29, 1.82) is 0 Å². The molecule has 3 heterocycles. The zero-order valence-electron chi connectivity index (χ0n) is 15.4. The van der Waals surface area contributed by atoms with E-state index in [1.54, 1.807) is 12.1 Å². The lowest BCUT2D eigenvalue weighted by molar-refractivity contribution is 0.0712. The number of aromatic nitrogens is 2. The lowest BCUT2D eigenvalue weighted by atomic mass is 9.92. The molecule has 2 atom stereocenters. The number of amides is 1. The normalized spacial score (nSPS) is 21.2. The molecule has 1 aliphatic carbocycles. The fourth-order valence-corrected chi connectivity index (χ4v) is 3.60. The van der Waals surface area contributed by atoms with E-state index in [0.29, 0.717) is 37.4 Å². The fraction of sp³-hybridized carbons (Fsp3) is 0.450. The van der Waals surface area contributed by atoms with Crippen LogP contribution in [0.2, 0.25) is 0 Å². The molecule has 0 aromatic carbocycles. The van der Waals surface area contributed by atoms with Gasteiger partial charge in [-0.2, -0.15) is 4.39 Å². The summed E-state index contributed by atoms with van der Waals surface area (Å²) in [6.45, 7) is 0.743. The van der Waals surface area contributed by atoms with Crippen LogP contribution >= 0.6 is 0 Å². The molecule has 0 saturated heterocycles. The number of hydrogen-bond acceptors (Lipinski definition) is 6. The van der Waals surface area contributed by atoms with E-state index >= 15 is 0 Å². The highest BCUT2D eigenvalue weighted by molar-refractivity contribution is 5.93. The van der Waals surface area contributed by atoms with Gasteiger partial charge in [-0.25, -0.2) is 9.97 Å². The first-order valence-electron chi connectivity index (χ1n) is 9.49. The second-order valence-electron chi connectivity index (χ2n) is 7.10. The predicted molar refractivity (Wildman–Crippen MR) is 98.0 cm³/mol. The lowest BCUT2D eigenvalue weighted by Gasteiger charge is -2.28. The number of pyridine rings is 2. The molecular weight excluding hydrogens is 365 g/mol. The minimum Gasteiger partial charge on any atom is -0.484 e. The van der Waals surface area contributed by atoms with Gasteiger partial charge in [0.05, 0.1) is 12.1 Å². The van der Waals surface area contributed by atoms with Crippen molar-refractivity contribution in [3.63, 3.8) is 0 Å². The minimum absolute atomic E-state index is 0.201. The van der Waals surface area contributed by atoms with Crippen LogP contribution in [0.15, 0.2) is 24.4 Å². The molecule has 0 unspecified atom stereocenters. The third-order valence-corrected chi connectivity index (χ3v) is 5.05. The second kappa shape index (κ2) is 8.10. The first kappa shape index (κ1) is 18.6. The molecule has 28 heavy (non-hydrogen) atoms. The van der Waals surface area contributed by atoms with E-state index in [9.17, 15) is 14.3 Å². The standard InChI is InChI=1S/C20H22FN3O4/c21-17-6-5-12(11-22-17)9-13-10-15(24-20-18(13)27-7-8-28-20)19(26)23-14-3-1-2-4-16(14)25/h5-6,10-11,14,16,25H,1-4,7-9H2,(H,23,26)/t14-,16-/m0/s1. The molecule has 0 radical (unpaired) electrons. The Balaban J connectivity index is 1.60. The molecule has 148 valence electrons. The number of halogens is 1. The van der Waals surface area contributed by atoms with E-state index in [-0.39, 0.29) is 23.5 Å². The summed E-state index contributed by atoms with van der Waals surface area (Å²) in [6.07, 6.45) is 4.66. The molecule has 4 rings (SSSR count). The topological polar surface area (TPSA) is 93.6 Å². The highest BCUT2D eigenvalue weighted by Gasteiger charge is 2.27. The zero-order valence-corrected chi connectivity index (χ0v) is 15.4. The van der Waals surface area contributed by atoms with Crippen LogP contribution in [-0.2, 0) is 6.42 Å². The maximum atomic E-state index is 13.1. The maximum Gasteiger partial charge on any atom is 0.270 e. The van der Waals surface area contributed by atoms with Gasteiger partial charge in [-0.1, -0.05) is 18.9 Å². The molecule has 2 aromatic heterocycles. The van der Waals surface area contributed by atoms with E-state index < -0.39 is 12.1 Å². The molecule has 1 fully saturated rings. The molecule has 2 N–H and O–H groups in total. The van der Waals surface area contributed by atoms with Crippen LogP contribution in [0, 0.1) is 5.95 Å². The van der Waals surface area contributed by atoms with Crippen molar-refractivity contribution in [3.8, 4) is 11.6 Å². The Morgan fingerprint density at radius 3 is 2.86 bits per heavy atom. The van der Waals surface area contributed by atoms with Crippen molar-refractivity contribution in [2.45, 2.75) is 44.2 Å². The van der Waals surface area contributed by atoms with Crippen LogP contribution in [0.3, 0.4) is 0 Å². The third-order valence-electron chi connectivity index (χ3n) is 5.05. The van der Waals surface area contributed by atoms with Crippen molar-refractivity contribution < 1.29 is 23.8 Å². The summed E-state index contributed by atoms with van der Waals surface area (Å²) in [6, 6.07) is 4.30. The monoisotopic (exact) mass is 387 g/mol. The van der Waals surface area contributed by atoms with Crippen LogP contribution in [0.25, 0.3) is 0 Å². The van der Waals surface area contributed by atoms with Gasteiger partial charge in [0, 0.05) is 18.2 Å². The van der Waals surface area contributed by atoms with Crippen LogP contribution in [-0.4, -0.2) is 46.3 Å². The van der Waals surface area contributed by atoms with E-state index in [2.05, 4.69) is 15.3 Å². The predicted octanol–water partition coefficient (Wildman–Crippen LogP) is 2.01. The SMILES string of the molecule is O=C(N[C@H]1CCCC[C@@H]1O)c1cc(Cc2ccc(F)nc2)c2c(n1)OCCO2. The van der Waals surface area contributed by atoms with Crippen LogP contribution in [0.5, 0.6) is 11.6 Å². The molecule has 2 aromatic rings. The number of carbonyl (C=O) groups excluding carboxylic acids is 1. The van der Waals surface area contributed by atoms with E-state index in [0.717, 1.165) is 24.8 Å². The summed E-state index contributed by atoms with van der Waals surface area (Å²) in [5.41, 5.74) is 1.69. The summed E-state index contributed by atoms with van der Waals surface area (Å²) in [4.78, 5) is 20.7. The van der Waals surface area contributed by atoms with Gasteiger partial charge in [0.2, 0.25) is 5.95 Å². The maximum absolute atomic E-state index is 13.1. The quantitative estimate of drug-likeness (QED) is 0.780. The summed E-state index contributed by atoms with van der Waals surface area (Å²) >= 11 is 0. The van der Waals surface area contributed by atoms with Crippen molar-refractivity contribution in [2.75, 3.05) is 13.2 Å². The number of fused-ring (bicyclic) bond motifs is 1. The molecule has 1 amide bonds. The van der Waals surface area contributed by atoms with Crippen molar-refractivity contribution in [2.24, 2.45) is 0 Å². The first-order valence-corrected chi connectivity index (χ1v) is 9.49. The van der Waals surface area contributed by atoms with Gasteiger partial charge in [-0.3, -0.25) is 4.79 Å². The largest absolute Gasteiger partial charge is 0.484 e. The number of aliphatic hydroxyl groups is 1. The fourth-order valence-electron chi connectivity index (χ4n) is 3.60. The summed E-state index contributed by atoms with van der Waals surface area (Å²) in [5.74, 6) is -0.148. The number of carbonyl (C=O) groups is 1. The van der Waals surface area contributed by atoms with E-state index in [1.165, 1.54) is 12.3 Å².